The number of amides is 1. The van der Waals surface area contributed by atoms with Gasteiger partial charge in [-0.1, -0.05) is 50.8 Å². The molecule has 4 heteroatoms. The second kappa shape index (κ2) is 7.50. The summed E-state index contributed by atoms with van der Waals surface area (Å²) in [4.78, 5) is 16.9. The highest BCUT2D eigenvalue weighted by atomic mass is 16.2. The average molecular weight is 333 g/mol. The van der Waals surface area contributed by atoms with Gasteiger partial charge >= 0.3 is 0 Å². The van der Waals surface area contributed by atoms with Crippen molar-refractivity contribution in [2.24, 2.45) is 5.92 Å². The molecule has 3 rings (SSSR count). The normalized spacial score (nSPS) is 17.7. The Hall–Kier alpha value is -2.64. The van der Waals surface area contributed by atoms with E-state index in [1.165, 1.54) is 0 Å². The zero-order valence-corrected chi connectivity index (χ0v) is 14.9. The molecule has 0 saturated carbocycles. The molecule has 1 saturated heterocycles. The van der Waals surface area contributed by atoms with Crippen LogP contribution in [0.1, 0.15) is 38.3 Å². The first-order chi connectivity index (χ1) is 12.1. The lowest BCUT2D eigenvalue weighted by Gasteiger charge is -2.31. The summed E-state index contributed by atoms with van der Waals surface area (Å²) < 4.78 is 0. The lowest BCUT2D eigenvalue weighted by Crippen LogP contribution is -2.44. The zero-order valence-electron chi connectivity index (χ0n) is 14.9. The third kappa shape index (κ3) is 3.72. The molecule has 1 fully saturated rings. The molecular formula is C21H23N3O. The van der Waals surface area contributed by atoms with E-state index in [0.29, 0.717) is 18.2 Å². The molecule has 0 unspecified atom stereocenters. The Balaban J connectivity index is 1.80. The molecule has 1 atom stereocenters. The first-order valence-corrected chi connectivity index (χ1v) is 8.72. The molecule has 128 valence electrons. The molecule has 0 aliphatic carbocycles. The fourth-order valence-electron chi connectivity index (χ4n) is 3.13. The molecule has 1 aliphatic rings. The Bertz CT molecular complexity index is 787. The highest BCUT2D eigenvalue weighted by molar-refractivity contribution is 5.94. The molecule has 1 aliphatic heterocycles. The molecule has 1 amide bonds. The second-order valence-corrected chi connectivity index (χ2v) is 6.50. The number of aromatic nitrogens is 1. The van der Waals surface area contributed by atoms with E-state index in [1.54, 1.807) is 11.2 Å². The van der Waals surface area contributed by atoms with Gasteiger partial charge in [0, 0.05) is 36.3 Å². The van der Waals surface area contributed by atoms with E-state index in [9.17, 15) is 4.79 Å². The van der Waals surface area contributed by atoms with Crippen LogP contribution in [0.15, 0.2) is 48.7 Å². The van der Waals surface area contributed by atoms with Crippen LogP contribution in [0.4, 0.5) is 5.82 Å². The predicted octanol–water partition coefficient (Wildman–Crippen LogP) is 3.48. The van der Waals surface area contributed by atoms with Crippen molar-refractivity contribution < 1.29 is 4.79 Å². The van der Waals surface area contributed by atoms with Crippen LogP contribution in [0, 0.1) is 17.8 Å². The molecule has 25 heavy (non-hydrogen) atoms. The van der Waals surface area contributed by atoms with Gasteiger partial charge < -0.3 is 0 Å². The maximum atomic E-state index is 12.5. The molecule has 1 aromatic heterocycles. The number of carbonyl (C=O) groups is 1. The number of nitrogens with zero attached hydrogens (tertiary/aromatic N) is 3. The third-order valence-corrected chi connectivity index (χ3v) is 4.44. The van der Waals surface area contributed by atoms with Crippen molar-refractivity contribution in [1.29, 1.82) is 0 Å². The molecule has 2 heterocycles. The van der Waals surface area contributed by atoms with Gasteiger partial charge in [-0.15, -0.1) is 0 Å². The van der Waals surface area contributed by atoms with E-state index >= 15 is 0 Å². The maximum Gasteiger partial charge on any atom is 0.244 e. The van der Waals surface area contributed by atoms with Crippen molar-refractivity contribution in [3.63, 3.8) is 0 Å². The first kappa shape index (κ1) is 17.2. The van der Waals surface area contributed by atoms with E-state index in [-0.39, 0.29) is 11.9 Å². The fourth-order valence-corrected chi connectivity index (χ4v) is 3.13. The lowest BCUT2D eigenvalue weighted by atomic mass is 10.0. The van der Waals surface area contributed by atoms with Crippen LogP contribution in [0.5, 0.6) is 0 Å². The Labute approximate surface area is 149 Å². The van der Waals surface area contributed by atoms with Gasteiger partial charge in [0.1, 0.15) is 5.82 Å². The Morgan fingerprint density at radius 2 is 1.84 bits per heavy atom. The summed E-state index contributed by atoms with van der Waals surface area (Å²) in [6, 6.07) is 13.9. The van der Waals surface area contributed by atoms with Gasteiger partial charge in [0.15, 0.2) is 0 Å². The van der Waals surface area contributed by atoms with E-state index < -0.39 is 0 Å². The minimum atomic E-state index is 0.108. The van der Waals surface area contributed by atoms with Gasteiger partial charge in [0.25, 0.3) is 0 Å². The molecule has 4 nitrogen and oxygen atoms in total. The van der Waals surface area contributed by atoms with Gasteiger partial charge in [0.05, 0.1) is 0 Å². The van der Waals surface area contributed by atoms with Crippen LogP contribution in [0.25, 0.3) is 0 Å². The number of pyridine rings is 1. The van der Waals surface area contributed by atoms with Gasteiger partial charge in [-0.25, -0.2) is 15.0 Å². The largest absolute Gasteiger partial charge is 0.273 e. The summed E-state index contributed by atoms with van der Waals surface area (Å²) >= 11 is 0. The Kier molecular flexibility index (Phi) is 5.16. The van der Waals surface area contributed by atoms with Crippen LogP contribution >= 0.6 is 0 Å². The molecular weight excluding hydrogens is 310 g/mol. The van der Waals surface area contributed by atoms with E-state index in [2.05, 4.69) is 42.6 Å². The van der Waals surface area contributed by atoms with Crippen LogP contribution in [-0.2, 0) is 4.79 Å². The summed E-state index contributed by atoms with van der Waals surface area (Å²) in [7, 11) is 0. The second-order valence-electron chi connectivity index (χ2n) is 6.50. The van der Waals surface area contributed by atoms with Gasteiger partial charge in [-0.2, -0.15) is 0 Å². The lowest BCUT2D eigenvalue weighted by molar-refractivity contribution is -0.118. The highest BCUT2D eigenvalue weighted by Crippen LogP contribution is 2.29. The number of benzene rings is 1. The average Bonchev–Trinajstić information content (AvgIpc) is 2.98. The number of hydrogen-bond donors (Lipinski definition) is 0. The quantitative estimate of drug-likeness (QED) is 0.807. The minimum absolute atomic E-state index is 0.108. The summed E-state index contributed by atoms with van der Waals surface area (Å²) in [5, 5.41) is 3.84. The van der Waals surface area contributed by atoms with Crippen molar-refractivity contribution in [1.82, 2.24) is 9.99 Å². The van der Waals surface area contributed by atoms with Gasteiger partial charge in [-0.05, 0) is 30.2 Å². The van der Waals surface area contributed by atoms with Crippen molar-refractivity contribution >= 4 is 11.7 Å². The van der Waals surface area contributed by atoms with Crippen LogP contribution in [-0.4, -0.2) is 28.5 Å². The summed E-state index contributed by atoms with van der Waals surface area (Å²) in [6.07, 6.45) is 2.28. The molecule has 0 bridgehead atoms. The molecule has 1 aromatic carbocycles. The fraction of sp³-hybridized carbons (Fsp3) is 0.333. The Morgan fingerprint density at radius 1 is 1.12 bits per heavy atom. The summed E-state index contributed by atoms with van der Waals surface area (Å²) in [5.74, 6) is 7.43. The number of anilines is 1. The first-order valence-electron chi connectivity index (χ1n) is 8.72. The van der Waals surface area contributed by atoms with Crippen molar-refractivity contribution in [2.75, 3.05) is 11.6 Å². The number of hydrazine groups is 1. The predicted molar refractivity (Wildman–Crippen MR) is 99.8 cm³/mol. The van der Waals surface area contributed by atoms with E-state index in [0.717, 1.165) is 17.7 Å². The zero-order chi connectivity index (χ0) is 17.8. The smallest absolute Gasteiger partial charge is 0.244 e. The van der Waals surface area contributed by atoms with E-state index in [4.69, 9.17) is 0 Å². The number of rotatable bonds is 3. The molecule has 2 aromatic rings. The summed E-state index contributed by atoms with van der Waals surface area (Å²) in [5.41, 5.74) is 1.81. The van der Waals surface area contributed by atoms with Crippen LogP contribution in [0.2, 0.25) is 0 Å². The maximum absolute atomic E-state index is 12.5. The standard InChI is InChI=1S/C21H23N3O/c1-4-23-19(16(2)3)14-21(25)24(23)20-13-12-18(15-22-20)11-10-17-8-6-5-7-9-17/h5-9,12-13,15-16,19H,4,14H2,1-3H3/t19-/m0/s1. The van der Waals surface area contributed by atoms with Crippen LogP contribution < -0.4 is 5.01 Å². The minimum Gasteiger partial charge on any atom is -0.273 e. The SMILES string of the molecule is CCN1[C@H](C(C)C)CC(=O)N1c1ccc(C#Cc2ccccc2)cn1. The van der Waals surface area contributed by atoms with Crippen molar-refractivity contribution in [3.05, 3.63) is 59.8 Å². The number of carbonyl (C=O) groups excluding carboxylic acids is 1. The van der Waals surface area contributed by atoms with Crippen molar-refractivity contribution in [3.8, 4) is 11.8 Å². The number of hydrogen-bond acceptors (Lipinski definition) is 3. The molecule has 0 N–H and O–H groups in total. The summed E-state index contributed by atoms with van der Waals surface area (Å²) in [6.45, 7) is 7.16. The third-order valence-electron chi connectivity index (χ3n) is 4.44. The van der Waals surface area contributed by atoms with Crippen molar-refractivity contribution in [2.45, 2.75) is 33.2 Å². The monoisotopic (exact) mass is 333 g/mol. The Morgan fingerprint density at radius 3 is 2.44 bits per heavy atom. The van der Waals surface area contributed by atoms with Gasteiger partial charge in [0.2, 0.25) is 5.91 Å². The molecule has 0 radical (unpaired) electrons. The molecule has 0 spiro atoms. The van der Waals surface area contributed by atoms with Gasteiger partial charge in [-0.3, -0.25) is 4.79 Å². The highest BCUT2D eigenvalue weighted by Gasteiger charge is 2.39. The van der Waals surface area contributed by atoms with E-state index in [1.807, 2.05) is 42.5 Å². The van der Waals surface area contributed by atoms with Crippen LogP contribution in [0.3, 0.4) is 0 Å². The topological polar surface area (TPSA) is 36.4 Å².